The van der Waals surface area contributed by atoms with E-state index in [2.05, 4.69) is 10.3 Å². The Kier molecular flexibility index (Phi) is 4.60. The van der Waals surface area contributed by atoms with Crippen LogP contribution in [0, 0.1) is 5.92 Å². The van der Waals surface area contributed by atoms with Crippen molar-refractivity contribution in [3.63, 3.8) is 0 Å². The molecule has 20 heavy (non-hydrogen) atoms. The molecule has 2 heterocycles. The van der Waals surface area contributed by atoms with Crippen molar-refractivity contribution >= 4 is 17.5 Å². The van der Waals surface area contributed by atoms with E-state index in [0.717, 1.165) is 18.7 Å². The number of nitrogens with one attached hydrogen (secondary N) is 1. The van der Waals surface area contributed by atoms with Gasteiger partial charge in [-0.25, -0.2) is 4.98 Å². The van der Waals surface area contributed by atoms with Gasteiger partial charge in [0.05, 0.1) is 12.2 Å². The van der Waals surface area contributed by atoms with E-state index in [1.165, 1.54) is 0 Å². The molecule has 1 fully saturated rings. The maximum atomic E-state index is 12.3. The SMILES string of the molecule is CC1CC(C(=O)Nc2cccc(N(C)C)n2)CC(C)O1. The number of pyridine rings is 1. The van der Waals surface area contributed by atoms with Crippen LogP contribution in [0.2, 0.25) is 0 Å². The highest BCUT2D eigenvalue weighted by Gasteiger charge is 2.29. The van der Waals surface area contributed by atoms with E-state index in [9.17, 15) is 4.79 Å². The molecule has 1 aromatic heterocycles. The number of ether oxygens (including phenoxy) is 1. The molecule has 2 unspecified atom stereocenters. The number of rotatable bonds is 3. The zero-order valence-electron chi connectivity index (χ0n) is 12.6. The zero-order valence-corrected chi connectivity index (χ0v) is 12.6. The van der Waals surface area contributed by atoms with Gasteiger partial charge in [-0.2, -0.15) is 0 Å². The third-order valence-corrected chi connectivity index (χ3v) is 3.51. The second-order valence-corrected chi connectivity index (χ2v) is 5.69. The van der Waals surface area contributed by atoms with E-state index in [4.69, 9.17) is 4.74 Å². The predicted octanol–water partition coefficient (Wildman–Crippen LogP) is 2.29. The van der Waals surface area contributed by atoms with Crippen LogP contribution >= 0.6 is 0 Å². The van der Waals surface area contributed by atoms with Crippen LogP contribution < -0.4 is 10.2 Å². The van der Waals surface area contributed by atoms with Gasteiger partial charge in [-0.1, -0.05) is 6.07 Å². The Balaban J connectivity index is 2.02. The van der Waals surface area contributed by atoms with Crippen LogP contribution in [0.4, 0.5) is 11.6 Å². The fourth-order valence-corrected chi connectivity index (χ4v) is 2.59. The van der Waals surface area contributed by atoms with Crippen molar-refractivity contribution in [1.82, 2.24) is 4.98 Å². The number of hydrogen-bond donors (Lipinski definition) is 1. The van der Waals surface area contributed by atoms with Gasteiger partial charge in [0.15, 0.2) is 0 Å². The zero-order chi connectivity index (χ0) is 14.7. The summed E-state index contributed by atoms with van der Waals surface area (Å²) in [6.45, 7) is 4.03. The minimum Gasteiger partial charge on any atom is -0.376 e. The molecular formula is C15H23N3O2. The van der Waals surface area contributed by atoms with Gasteiger partial charge < -0.3 is 15.0 Å². The number of anilines is 2. The molecule has 2 atom stereocenters. The van der Waals surface area contributed by atoms with Crippen LogP contribution in [0.5, 0.6) is 0 Å². The fourth-order valence-electron chi connectivity index (χ4n) is 2.59. The molecule has 1 amide bonds. The molecule has 1 aromatic rings. The van der Waals surface area contributed by atoms with Crippen molar-refractivity contribution in [2.75, 3.05) is 24.3 Å². The molecule has 0 bridgehead atoms. The summed E-state index contributed by atoms with van der Waals surface area (Å²) >= 11 is 0. The van der Waals surface area contributed by atoms with Gasteiger partial charge in [-0.15, -0.1) is 0 Å². The maximum absolute atomic E-state index is 12.3. The first-order valence-electron chi connectivity index (χ1n) is 7.06. The van der Waals surface area contributed by atoms with Crippen molar-refractivity contribution in [3.05, 3.63) is 18.2 Å². The van der Waals surface area contributed by atoms with Gasteiger partial charge >= 0.3 is 0 Å². The second-order valence-electron chi connectivity index (χ2n) is 5.69. The Morgan fingerprint density at radius 3 is 2.55 bits per heavy atom. The molecular weight excluding hydrogens is 254 g/mol. The largest absolute Gasteiger partial charge is 0.376 e. The fraction of sp³-hybridized carbons (Fsp3) is 0.600. The molecule has 0 aromatic carbocycles. The Hall–Kier alpha value is -1.62. The van der Waals surface area contributed by atoms with E-state index in [-0.39, 0.29) is 24.0 Å². The first-order chi connectivity index (χ1) is 9.45. The van der Waals surface area contributed by atoms with E-state index < -0.39 is 0 Å². The van der Waals surface area contributed by atoms with E-state index >= 15 is 0 Å². The highest BCUT2D eigenvalue weighted by atomic mass is 16.5. The molecule has 5 nitrogen and oxygen atoms in total. The summed E-state index contributed by atoms with van der Waals surface area (Å²) in [4.78, 5) is 18.6. The summed E-state index contributed by atoms with van der Waals surface area (Å²) in [5.74, 6) is 1.47. The molecule has 1 aliphatic rings. The molecule has 0 spiro atoms. The number of aromatic nitrogens is 1. The maximum Gasteiger partial charge on any atom is 0.228 e. The summed E-state index contributed by atoms with van der Waals surface area (Å²) in [6, 6.07) is 5.62. The predicted molar refractivity (Wildman–Crippen MR) is 79.9 cm³/mol. The Labute approximate surface area is 120 Å². The standard InChI is InChI=1S/C15H23N3O2/c1-10-8-12(9-11(2)20-10)15(19)17-13-6-5-7-14(16-13)18(3)4/h5-7,10-12H,8-9H2,1-4H3,(H,16,17,19). The van der Waals surface area contributed by atoms with Crippen molar-refractivity contribution in [2.45, 2.75) is 38.9 Å². The molecule has 0 radical (unpaired) electrons. The van der Waals surface area contributed by atoms with Gasteiger partial charge in [0.1, 0.15) is 11.6 Å². The number of amides is 1. The number of carbonyl (C=O) groups excluding carboxylic acids is 1. The summed E-state index contributed by atoms with van der Waals surface area (Å²) in [7, 11) is 3.85. The Bertz CT molecular complexity index is 466. The van der Waals surface area contributed by atoms with E-state index in [0.29, 0.717) is 5.82 Å². The third-order valence-electron chi connectivity index (χ3n) is 3.51. The average Bonchev–Trinajstić information content (AvgIpc) is 2.37. The van der Waals surface area contributed by atoms with Gasteiger partial charge in [-0.05, 0) is 38.8 Å². The number of carbonyl (C=O) groups is 1. The lowest BCUT2D eigenvalue weighted by Gasteiger charge is -2.31. The molecule has 1 aliphatic heterocycles. The monoisotopic (exact) mass is 277 g/mol. The van der Waals surface area contributed by atoms with Crippen molar-refractivity contribution < 1.29 is 9.53 Å². The van der Waals surface area contributed by atoms with Crippen LogP contribution in [0.3, 0.4) is 0 Å². The second kappa shape index (κ2) is 6.22. The topological polar surface area (TPSA) is 54.5 Å². The van der Waals surface area contributed by atoms with Gasteiger partial charge in [-0.3, -0.25) is 4.79 Å². The van der Waals surface area contributed by atoms with Gasteiger partial charge in [0.2, 0.25) is 5.91 Å². The molecule has 1 saturated heterocycles. The van der Waals surface area contributed by atoms with Gasteiger partial charge in [0.25, 0.3) is 0 Å². The third kappa shape index (κ3) is 3.70. The minimum atomic E-state index is -0.00133. The number of hydrogen-bond acceptors (Lipinski definition) is 4. The molecule has 2 rings (SSSR count). The highest BCUT2D eigenvalue weighted by Crippen LogP contribution is 2.25. The van der Waals surface area contributed by atoms with Crippen molar-refractivity contribution in [3.8, 4) is 0 Å². The van der Waals surface area contributed by atoms with Gasteiger partial charge in [0, 0.05) is 20.0 Å². The molecule has 0 aliphatic carbocycles. The molecule has 0 saturated carbocycles. The summed E-state index contributed by atoms with van der Waals surface area (Å²) in [5.41, 5.74) is 0. The number of nitrogens with zero attached hydrogens (tertiary/aromatic N) is 2. The Morgan fingerprint density at radius 2 is 1.95 bits per heavy atom. The van der Waals surface area contributed by atoms with E-state index in [1.807, 2.05) is 51.0 Å². The van der Waals surface area contributed by atoms with Crippen LogP contribution in [-0.2, 0) is 9.53 Å². The molecule has 1 N–H and O–H groups in total. The molecule has 110 valence electrons. The Morgan fingerprint density at radius 1 is 1.30 bits per heavy atom. The average molecular weight is 277 g/mol. The lowest BCUT2D eigenvalue weighted by molar-refractivity contribution is -0.127. The summed E-state index contributed by atoms with van der Waals surface area (Å²) in [5, 5.41) is 2.92. The normalized spacial score (nSPS) is 26.1. The quantitative estimate of drug-likeness (QED) is 0.921. The first kappa shape index (κ1) is 14.8. The van der Waals surface area contributed by atoms with Crippen LogP contribution in [0.1, 0.15) is 26.7 Å². The summed E-state index contributed by atoms with van der Waals surface area (Å²) < 4.78 is 5.67. The lowest BCUT2D eigenvalue weighted by Crippen LogP contribution is -2.36. The van der Waals surface area contributed by atoms with Crippen LogP contribution in [-0.4, -0.2) is 37.2 Å². The van der Waals surface area contributed by atoms with Crippen LogP contribution in [0.15, 0.2) is 18.2 Å². The van der Waals surface area contributed by atoms with E-state index in [1.54, 1.807) is 0 Å². The van der Waals surface area contributed by atoms with Crippen molar-refractivity contribution in [2.24, 2.45) is 5.92 Å². The minimum absolute atomic E-state index is 0.00133. The lowest BCUT2D eigenvalue weighted by atomic mass is 9.92. The van der Waals surface area contributed by atoms with Crippen molar-refractivity contribution in [1.29, 1.82) is 0 Å². The first-order valence-corrected chi connectivity index (χ1v) is 7.06. The highest BCUT2D eigenvalue weighted by molar-refractivity contribution is 5.91. The molecule has 5 heteroatoms. The summed E-state index contributed by atoms with van der Waals surface area (Å²) in [6.07, 6.45) is 1.80. The van der Waals surface area contributed by atoms with Crippen LogP contribution in [0.25, 0.3) is 0 Å². The smallest absolute Gasteiger partial charge is 0.228 e.